The quantitative estimate of drug-likeness (QED) is 0.454. The van der Waals surface area contributed by atoms with Gasteiger partial charge in [0.25, 0.3) is 5.91 Å². The number of carbonyl (C=O) groups excluding carboxylic acids is 3. The van der Waals surface area contributed by atoms with Crippen LogP contribution in [0.25, 0.3) is 11.3 Å². The molecule has 0 fully saturated rings. The summed E-state index contributed by atoms with van der Waals surface area (Å²) in [5.74, 6) is -0.554. The number of rotatable bonds is 10. The van der Waals surface area contributed by atoms with Gasteiger partial charge < -0.3 is 19.2 Å². The molecule has 0 saturated heterocycles. The Bertz CT molecular complexity index is 1070. The first-order valence-corrected chi connectivity index (χ1v) is 11.1. The summed E-state index contributed by atoms with van der Waals surface area (Å²) >= 11 is 1.29. The first kappa shape index (κ1) is 23.2. The smallest absolute Gasteiger partial charge is 0.341 e. The van der Waals surface area contributed by atoms with Crippen molar-refractivity contribution in [2.75, 3.05) is 18.5 Å². The predicted octanol–water partition coefficient (Wildman–Crippen LogP) is 4.26. The Morgan fingerprint density at radius 1 is 1.12 bits per heavy atom. The molecule has 0 radical (unpaired) electrons. The number of hydrogen-bond donors (Lipinski definition) is 1. The minimum atomic E-state index is -0.550. The molecule has 0 aliphatic rings. The van der Waals surface area contributed by atoms with Crippen LogP contribution in [0.5, 0.6) is 0 Å². The Hall–Kier alpha value is -3.46. The summed E-state index contributed by atoms with van der Waals surface area (Å²) in [4.78, 5) is 41.4. The molecule has 2 aromatic heterocycles. The van der Waals surface area contributed by atoms with E-state index in [0.29, 0.717) is 28.6 Å². The van der Waals surface area contributed by atoms with Crippen LogP contribution < -0.4 is 5.32 Å². The third kappa shape index (κ3) is 6.27. The zero-order chi connectivity index (χ0) is 22.9. The molecule has 0 aliphatic carbocycles. The van der Waals surface area contributed by atoms with Crippen molar-refractivity contribution in [3.8, 4) is 11.3 Å². The highest BCUT2D eigenvalue weighted by Crippen LogP contribution is 2.29. The summed E-state index contributed by atoms with van der Waals surface area (Å²) in [7, 11) is 0. The summed E-state index contributed by atoms with van der Waals surface area (Å²) in [5.41, 5.74) is 1.19. The monoisotopic (exact) mass is 456 g/mol. The van der Waals surface area contributed by atoms with Gasteiger partial charge in [0.1, 0.15) is 5.00 Å². The number of benzene rings is 1. The van der Waals surface area contributed by atoms with Gasteiger partial charge in [0, 0.05) is 16.9 Å². The van der Waals surface area contributed by atoms with Gasteiger partial charge in [-0.1, -0.05) is 37.3 Å². The number of anilines is 1. The standard InChI is InChI=1S/C23H24N2O6S/c1-3-16-12-17(23(28)29-4-2)22(32-16)25-19(26)14-30-21(27)11-10-20-24-13-18(31-20)15-8-6-5-7-9-15/h5-9,12-13H,3-4,10-11,14H2,1-2H3,(H,25,26). The highest BCUT2D eigenvalue weighted by Gasteiger charge is 2.19. The van der Waals surface area contributed by atoms with Gasteiger partial charge in [-0.25, -0.2) is 9.78 Å². The Labute approximate surface area is 189 Å². The molecule has 0 bridgehead atoms. The van der Waals surface area contributed by atoms with Gasteiger partial charge in [-0.2, -0.15) is 0 Å². The molecule has 32 heavy (non-hydrogen) atoms. The number of thiophene rings is 1. The molecular formula is C23H24N2O6S. The molecule has 1 aromatic carbocycles. The molecule has 9 heteroatoms. The second-order valence-electron chi connectivity index (χ2n) is 6.72. The van der Waals surface area contributed by atoms with Crippen LogP contribution in [0.15, 0.2) is 47.0 Å². The minimum Gasteiger partial charge on any atom is -0.462 e. The Morgan fingerprint density at radius 2 is 1.91 bits per heavy atom. The fourth-order valence-electron chi connectivity index (χ4n) is 2.82. The number of aryl methyl sites for hydroxylation is 2. The van der Waals surface area contributed by atoms with Crippen LogP contribution in [0.4, 0.5) is 5.00 Å². The fourth-order valence-corrected chi connectivity index (χ4v) is 3.82. The van der Waals surface area contributed by atoms with E-state index in [1.807, 2.05) is 37.3 Å². The minimum absolute atomic E-state index is 0.0229. The first-order chi connectivity index (χ1) is 15.5. The van der Waals surface area contributed by atoms with Gasteiger partial charge in [-0.3, -0.25) is 9.59 Å². The SMILES string of the molecule is CCOC(=O)c1cc(CC)sc1NC(=O)COC(=O)CCc1ncc(-c2ccccc2)o1. The van der Waals surface area contributed by atoms with Crippen LogP contribution in [0, 0.1) is 0 Å². The average molecular weight is 457 g/mol. The molecule has 168 valence electrons. The van der Waals surface area contributed by atoms with E-state index < -0.39 is 24.5 Å². The van der Waals surface area contributed by atoms with E-state index in [-0.39, 0.29) is 19.4 Å². The third-order valence-electron chi connectivity index (χ3n) is 4.40. The van der Waals surface area contributed by atoms with Gasteiger partial charge in [0.05, 0.1) is 24.8 Å². The third-order valence-corrected chi connectivity index (χ3v) is 5.59. The summed E-state index contributed by atoms with van der Waals surface area (Å²) in [5, 5.41) is 3.01. The number of ether oxygens (including phenoxy) is 2. The lowest BCUT2D eigenvalue weighted by Crippen LogP contribution is -2.21. The lowest BCUT2D eigenvalue weighted by molar-refractivity contribution is -0.147. The summed E-state index contributed by atoms with van der Waals surface area (Å²) < 4.78 is 15.7. The predicted molar refractivity (Wildman–Crippen MR) is 120 cm³/mol. The number of carbonyl (C=O) groups is 3. The molecule has 0 aliphatic heterocycles. The van der Waals surface area contributed by atoms with Crippen molar-refractivity contribution in [2.24, 2.45) is 0 Å². The van der Waals surface area contributed by atoms with E-state index in [1.165, 1.54) is 11.3 Å². The van der Waals surface area contributed by atoms with Gasteiger partial charge in [-0.05, 0) is 19.4 Å². The van der Waals surface area contributed by atoms with Crippen LogP contribution in [-0.4, -0.2) is 36.0 Å². The maximum atomic E-state index is 12.2. The molecule has 1 N–H and O–H groups in total. The second-order valence-corrected chi connectivity index (χ2v) is 7.86. The maximum Gasteiger partial charge on any atom is 0.341 e. The number of oxazole rings is 1. The van der Waals surface area contributed by atoms with Crippen molar-refractivity contribution in [2.45, 2.75) is 33.1 Å². The van der Waals surface area contributed by atoms with E-state index in [4.69, 9.17) is 13.9 Å². The Balaban J connectivity index is 1.47. The molecule has 8 nitrogen and oxygen atoms in total. The Kier molecular flexibility index (Phi) is 8.15. The van der Waals surface area contributed by atoms with Crippen LogP contribution >= 0.6 is 11.3 Å². The van der Waals surface area contributed by atoms with Crippen molar-refractivity contribution in [3.63, 3.8) is 0 Å². The van der Waals surface area contributed by atoms with Gasteiger partial charge in [-0.15, -0.1) is 11.3 Å². The summed E-state index contributed by atoms with van der Waals surface area (Å²) in [6, 6.07) is 11.2. The fraction of sp³-hybridized carbons (Fsp3) is 0.304. The highest BCUT2D eigenvalue weighted by atomic mass is 32.1. The average Bonchev–Trinajstić information content (AvgIpc) is 3.44. The zero-order valence-corrected chi connectivity index (χ0v) is 18.7. The van der Waals surface area contributed by atoms with Gasteiger partial charge in [0.15, 0.2) is 18.3 Å². The second kappa shape index (κ2) is 11.2. The lowest BCUT2D eigenvalue weighted by Gasteiger charge is -2.07. The maximum absolute atomic E-state index is 12.2. The normalized spacial score (nSPS) is 10.6. The van der Waals surface area contributed by atoms with Crippen molar-refractivity contribution < 1.29 is 28.3 Å². The van der Waals surface area contributed by atoms with Crippen LogP contribution in [0.1, 0.15) is 41.4 Å². The number of nitrogens with one attached hydrogen (secondary N) is 1. The van der Waals surface area contributed by atoms with E-state index in [0.717, 1.165) is 10.4 Å². The highest BCUT2D eigenvalue weighted by molar-refractivity contribution is 7.16. The first-order valence-electron chi connectivity index (χ1n) is 10.3. The topological polar surface area (TPSA) is 108 Å². The number of nitrogens with zero attached hydrogens (tertiary/aromatic N) is 1. The van der Waals surface area contributed by atoms with E-state index >= 15 is 0 Å². The molecule has 0 saturated carbocycles. The molecule has 1 amide bonds. The zero-order valence-electron chi connectivity index (χ0n) is 17.9. The molecule has 3 rings (SSSR count). The number of esters is 2. The molecule has 2 heterocycles. The van der Waals surface area contributed by atoms with Crippen molar-refractivity contribution in [1.29, 1.82) is 0 Å². The van der Waals surface area contributed by atoms with Crippen molar-refractivity contribution in [3.05, 3.63) is 58.9 Å². The molecule has 0 spiro atoms. The van der Waals surface area contributed by atoms with Gasteiger partial charge >= 0.3 is 11.9 Å². The lowest BCUT2D eigenvalue weighted by atomic mass is 10.2. The number of amides is 1. The Morgan fingerprint density at radius 3 is 2.62 bits per heavy atom. The van der Waals surface area contributed by atoms with E-state index in [9.17, 15) is 14.4 Å². The molecule has 0 atom stereocenters. The summed E-state index contributed by atoms with van der Waals surface area (Å²) in [6.45, 7) is 3.44. The van der Waals surface area contributed by atoms with E-state index in [1.54, 1.807) is 19.2 Å². The molecule has 0 unspecified atom stereocenters. The van der Waals surface area contributed by atoms with Crippen molar-refractivity contribution in [1.82, 2.24) is 4.98 Å². The number of hydrogen-bond acceptors (Lipinski definition) is 8. The van der Waals surface area contributed by atoms with Crippen LogP contribution in [0.2, 0.25) is 0 Å². The largest absolute Gasteiger partial charge is 0.462 e. The van der Waals surface area contributed by atoms with E-state index in [2.05, 4.69) is 10.3 Å². The van der Waals surface area contributed by atoms with Crippen LogP contribution in [0.3, 0.4) is 0 Å². The summed E-state index contributed by atoms with van der Waals surface area (Å²) in [6.07, 6.45) is 2.60. The van der Waals surface area contributed by atoms with Gasteiger partial charge in [0.2, 0.25) is 0 Å². The molecular weight excluding hydrogens is 432 g/mol. The number of aromatic nitrogens is 1. The molecule has 3 aromatic rings. The van der Waals surface area contributed by atoms with Crippen molar-refractivity contribution >= 4 is 34.2 Å². The van der Waals surface area contributed by atoms with Crippen LogP contribution in [-0.2, 0) is 31.9 Å².